The molecular weight excluding hydrogens is 292 g/mol. The van der Waals surface area contributed by atoms with Gasteiger partial charge in [0.25, 0.3) is 0 Å². The predicted octanol–water partition coefficient (Wildman–Crippen LogP) is 2.57. The van der Waals surface area contributed by atoms with Crippen LogP contribution in [0.15, 0.2) is 18.2 Å². The zero-order valence-corrected chi connectivity index (χ0v) is 14.4. The number of halogens is 1. The average Bonchev–Trinajstić information content (AvgIpc) is 2.84. The molecule has 3 atom stereocenters. The van der Waals surface area contributed by atoms with Crippen molar-refractivity contribution in [3.8, 4) is 0 Å². The third kappa shape index (κ3) is 3.20. The Hall–Kier alpha value is -0.955. The molecule has 22 heavy (non-hydrogen) atoms. The van der Waals surface area contributed by atoms with Crippen molar-refractivity contribution in [3.63, 3.8) is 0 Å². The number of benzene rings is 1. The Labute approximate surface area is 139 Å². The monoisotopic (exact) mass is 317 g/mol. The molecule has 0 N–H and O–H groups in total. The highest BCUT2D eigenvalue weighted by Crippen LogP contribution is 2.34. The van der Waals surface area contributed by atoms with E-state index in [-0.39, 0.29) is 5.92 Å². The molecule has 1 saturated carbocycles. The lowest BCUT2D eigenvalue weighted by molar-refractivity contribution is -0.134. The van der Waals surface area contributed by atoms with Gasteiger partial charge in [-0.3, -0.25) is 4.79 Å². The second-order valence-corrected chi connectivity index (χ2v) is 7.55. The Morgan fingerprint density at radius 1 is 1.27 bits per heavy atom. The SMILES string of the molecule is Bc1ccc(CC2CCN(C3CCCCC3C)C2=O)c(Cl)c1. The van der Waals surface area contributed by atoms with E-state index in [4.69, 9.17) is 11.6 Å². The summed E-state index contributed by atoms with van der Waals surface area (Å²) in [5.74, 6) is 1.13. The van der Waals surface area contributed by atoms with Crippen molar-refractivity contribution in [2.45, 2.75) is 51.5 Å². The maximum atomic E-state index is 12.8. The molecule has 1 saturated heterocycles. The molecule has 1 amide bonds. The Morgan fingerprint density at radius 3 is 2.77 bits per heavy atom. The van der Waals surface area contributed by atoms with Gasteiger partial charge in [0.05, 0.1) is 0 Å². The van der Waals surface area contributed by atoms with Crippen molar-refractivity contribution < 1.29 is 4.79 Å². The fourth-order valence-electron chi connectivity index (χ4n) is 4.12. The molecule has 2 fully saturated rings. The number of nitrogens with zero attached hydrogens (tertiary/aromatic N) is 1. The fraction of sp³-hybridized carbons (Fsp3) is 0.611. The summed E-state index contributed by atoms with van der Waals surface area (Å²) in [7, 11) is 2.04. The van der Waals surface area contributed by atoms with Gasteiger partial charge >= 0.3 is 0 Å². The molecular formula is C18H25BClNO. The molecule has 0 spiro atoms. The minimum atomic E-state index is 0.120. The minimum absolute atomic E-state index is 0.120. The molecule has 2 aliphatic rings. The maximum Gasteiger partial charge on any atom is 0.226 e. The first kappa shape index (κ1) is 15.9. The van der Waals surface area contributed by atoms with Crippen LogP contribution in [0.5, 0.6) is 0 Å². The Balaban J connectivity index is 1.68. The molecule has 1 aliphatic carbocycles. The van der Waals surface area contributed by atoms with Gasteiger partial charge in [-0.1, -0.05) is 49.0 Å². The van der Waals surface area contributed by atoms with Gasteiger partial charge in [0, 0.05) is 23.5 Å². The average molecular weight is 318 g/mol. The maximum absolute atomic E-state index is 12.8. The first-order valence-corrected chi connectivity index (χ1v) is 8.99. The van der Waals surface area contributed by atoms with E-state index in [1.165, 1.54) is 31.1 Å². The van der Waals surface area contributed by atoms with E-state index in [1.807, 2.05) is 13.9 Å². The summed E-state index contributed by atoms with van der Waals surface area (Å²) in [6.45, 7) is 3.24. The van der Waals surface area contributed by atoms with Crippen LogP contribution in [0.3, 0.4) is 0 Å². The summed E-state index contributed by atoms with van der Waals surface area (Å²) in [6.07, 6.45) is 6.81. The molecule has 3 rings (SSSR count). The van der Waals surface area contributed by atoms with Crippen molar-refractivity contribution >= 4 is 30.8 Å². The highest BCUT2D eigenvalue weighted by Gasteiger charge is 2.38. The van der Waals surface area contributed by atoms with Crippen LogP contribution in [0.2, 0.25) is 5.02 Å². The second-order valence-electron chi connectivity index (χ2n) is 7.15. The van der Waals surface area contributed by atoms with Gasteiger partial charge < -0.3 is 4.90 Å². The lowest BCUT2D eigenvalue weighted by Gasteiger charge is -2.36. The molecule has 2 nitrogen and oxygen atoms in total. The van der Waals surface area contributed by atoms with Crippen LogP contribution < -0.4 is 5.46 Å². The van der Waals surface area contributed by atoms with Gasteiger partial charge in [0.1, 0.15) is 7.85 Å². The van der Waals surface area contributed by atoms with Crippen LogP contribution in [-0.4, -0.2) is 31.2 Å². The molecule has 0 aromatic heterocycles. The molecule has 118 valence electrons. The van der Waals surface area contributed by atoms with E-state index in [1.54, 1.807) is 0 Å². The van der Waals surface area contributed by atoms with Crippen LogP contribution in [0.1, 0.15) is 44.6 Å². The molecule has 1 heterocycles. The number of likely N-dealkylation sites (tertiary alicyclic amines) is 1. The van der Waals surface area contributed by atoms with Gasteiger partial charge in [0.15, 0.2) is 0 Å². The summed E-state index contributed by atoms with van der Waals surface area (Å²) in [5.41, 5.74) is 2.29. The zero-order valence-electron chi connectivity index (χ0n) is 13.6. The van der Waals surface area contributed by atoms with Crippen molar-refractivity contribution in [2.75, 3.05) is 6.54 Å². The molecule has 4 heteroatoms. The predicted molar refractivity (Wildman–Crippen MR) is 94.6 cm³/mol. The van der Waals surface area contributed by atoms with Crippen LogP contribution in [-0.2, 0) is 11.2 Å². The standard InChI is InChI=1S/C18H25BClNO/c1-12-4-2-3-5-17(12)21-9-8-14(18(21)22)10-13-6-7-15(19)11-16(13)20/h6-7,11-12,14,17H,2-5,8-10,19H2,1H3. The number of hydrogen-bond acceptors (Lipinski definition) is 1. The van der Waals surface area contributed by atoms with Gasteiger partial charge in [-0.05, 0) is 43.2 Å². The molecule has 3 unspecified atom stereocenters. The van der Waals surface area contributed by atoms with Crippen molar-refractivity contribution in [3.05, 3.63) is 28.8 Å². The lowest BCUT2D eigenvalue weighted by Crippen LogP contribution is -2.43. The van der Waals surface area contributed by atoms with Crippen molar-refractivity contribution in [1.82, 2.24) is 4.90 Å². The number of carbonyl (C=O) groups is 1. The second kappa shape index (κ2) is 6.66. The topological polar surface area (TPSA) is 20.3 Å². The Bertz CT molecular complexity index is 562. The van der Waals surface area contributed by atoms with E-state index in [2.05, 4.69) is 24.0 Å². The van der Waals surface area contributed by atoms with E-state index in [0.717, 1.165) is 30.0 Å². The number of amides is 1. The van der Waals surface area contributed by atoms with Gasteiger partial charge in [-0.15, -0.1) is 0 Å². The number of hydrogen-bond donors (Lipinski definition) is 0. The molecule has 1 aromatic rings. The molecule has 1 aromatic carbocycles. The summed E-state index contributed by atoms with van der Waals surface area (Å²) in [4.78, 5) is 15.0. The van der Waals surface area contributed by atoms with Crippen LogP contribution in [0.4, 0.5) is 0 Å². The zero-order chi connectivity index (χ0) is 15.7. The fourth-order valence-corrected chi connectivity index (χ4v) is 4.44. The summed E-state index contributed by atoms with van der Waals surface area (Å²) < 4.78 is 0. The van der Waals surface area contributed by atoms with E-state index in [0.29, 0.717) is 17.9 Å². The minimum Gasteiger partial charge on any atom is -0.339 e. The first-order chi connectivity index (χ1) is 10.6. The lowest BCUT2D eigenvalue weighted by atomic mass is 9.85. The van der Waals surface area contributed by atoms with Crippen molar-refractivity contribution in [1.29, 1.82) is 0 Å². The Kier molecular flexibility index (Phi) is 4.82. The van der Waals surface area contributed by atoms with Gasteiger partial charge in [-0.25, -0.2) is 0 Å². The Morgan fingerprint density at radius 2 is 2.05 bits per heavy atom. The quantitative estimate of drug-likeness (QED) is 0.785. The van der Waals surface area contributed by atoms with E-state index in [9.17, 15) is 4.79 Å². The third-order valence-corrected chi connectivity index (χ3v) is 5.84. The molecule has 0 bridgehead atoms. The first-order valence-electron chi connectivity index (χ1n) is 8.62. The van der Waals surface area contributed by atoms with Gasteiger partial charge in [0.2, 0.25) is 5.91 Å². The summed E-state index contributed by atoms with van der Waals surface area (Å²) in [5, 5.41) is 0.803. The van der Waals surface area contributed by atoms with E-state index >= 15 is 0 Å². The molecule has 0 radical (unpaired) electrons. The number of carbonyl (C=O) groups excluding carboxylic acids is 1. The van der Waals surface area contributed by atoms with E-state index < -0.39 is 0 Å². The third-order valence-electron chi connectivity index (χ3n) is 5.49. The largest absolute Gasteiger partial charge is 0.339 e. The number of rotatable bonds is 3. The van der Waals surface area contributed by atoms with Crippen LogP contribution in [0.25, 0.3) is 0 Å². The highest BCUT2D eigenvalue weighted by molar-refractivity contribution is 6.36. The summed E-state index contributed by atoms with van der Waals surface area (Å²) in [6, 6.07) is 6.63. The van der Waals surface area contributed by atoms with Crippen LogP contribution in [0, 0.1) is 11.8 Å². The highest BCUT2D eigenvalue weighted by atomic mass is 35.5. The normalized spacial score (nSPS) is 29.1. The van der Waals surface area contributed by atoms with Gasteiger partial charge in [-0.2, -0.15) is 0 Å². The molecule has 1 aliphatic heterocycles. The smallest absolute Gasteiger partial charge is 0.226 e. The van der Waals surface area contributed by atoms with Crippen molar-refractivity contribution in [2.24, 2.45) is 11.8 Å². The summed E-state index contributed by atoms with van der Waals surface area (Å²) >= 11 is 6.34. The van der Waals surface area contributed by atoms with Crippen LogP contribution >= 0.6 is 11.6 Å².